The normalized spacial score (nSPS) is 8.40. The van der Waals surface area contributed by atoms with Crippen molar-refractivity contribution in [2.45, 2.75) is 13.3 Å². The van der Waals surface area contributed by atoms with E-state index < -0.39 is 0 Å². The molecule has 0 aliphatic rings. The number of hydrogen-bond acceptors (Lipinski definition) is 1. The Balaban J connectivity index is 2.19. The van der Waals surface area contributed by atoms with Crippen LogP contribution in [-0.4, -0.2) is 6.54 Å². The zero-order valence-corrected chi connectivity index (χ0v) is 3.36. The molecule has 2 radical (unpaired) electrons. The molecule has 0 spiro atoms. The number of hydrogen-bond donors (Lipinski definition) is 1. The molecule has 0 rings (SSSR count). The topological polar surface area (TPSA) is 34.3 Å². The van der Waals surface area contributed by atoms with Crippen LogP contribution in [0.15, 0.2) is 0 Å². The Morgan fingerprint density at radius 1 is 1.80 bits per heavy atom. The van der Waals surface area contributed by atoms with E-state index in [4.69, 9.17) is 5.84 Å². The largest absolute Gasteiger partial charge is 0.222 e. The minimum Gasteiger partial charge on any atom is -0.222 e. The molecule has 0 saturated heterocycles. The van der Waals surface area contributed by atoms with Gasteiger partial charge in [-0.05, 0) is 12.3 Å². The van der Waals surface area contributed by atoms with Crippen LogP contribution in [0.4, 0.5) is 0 Å². The van der Waals surface area contributed by atoms with E-state index in [1.165, 1.54) is 0 Å². The molecule has 0 aromatic rings. The van der Waals surface area contributed by atoms with Crippen molar-refractivity contribution in [3.63, 3.8) is 0 Å². The van der Waals surface area contributed by atoms with Gasteiger partial charge in [-0.3, -0.25) is 0 Å². The van der Waals surface area contributed by atoms with Crippen molar-refractivity contribution in [2.24, 2.45) is 0 Å². The molecule has 0 amide bonds. The highest BCUT2D eigenvalue weighted by Gasteiger charge is 1.67. The van der Waals surface area contributed by atoms with Gasteiger partial charge in [0.1, 0.15) is 0 Å². The summed E-state index contributed by atoms with van der Waals surface area (Å²) in [6.45, 7) is 2.68. The van der Waals surface area contributed by atoms with Crippen molar-refractivity contribution < 1.29 is 0 Å². The molecule has 0 aliphatic carbocycles. The summed E-state index contributed by atoms with van der Waals surface area (Å²) in [6.07, 6.45) is 0.983. The zero-order chi connectivity index (χ0) is 4.12. The summed E-state index contributed by atoms with van der Waals surface area (Å²) in [5, 5.41) is 0. The summed E-state index contributed by atoms with van der Waals surface area (Å²) >= 11 is 0. The van der Waals surface area contributed by atoms with Crippen LogP contribution >= 0.6 is 0 Å². The Morgan fingerprint density at radius 2 is 2.40 bits per heavy atom. The van der Waals surface area contributed by atoms with Gasteiger partial charge in [-0.15, -0.1) is 0 Å². The molecule has 0 heterocycles. The molecule has 0 aromatic heterocycles. The van der Waals surface area contributed by atoms with Gasteiger partial charge in [-0.25, -0.2) is 5.43 Å². The Labute approximate surface area is 32.3 Å². The minimum absolute atomic E-state index is 0.694. The second kappa shape index (κ2) is 3.92. The summed E-state index contributed by atoms with van der Waals surface area (Å²) < 4.78 is 0. The molecule has 0 unspecified atom stereocenters. The van der Waals surface area contributed by atoms with Crippen molar-refractivity contribution in [3.8, 4) is 0 Å². The first-order chi connectivity index (χ1) is 2.41. The van der Waals surface area contributed by atoms with E-state index in [2.05, 4.69) is 0 Å². The summed E-state index contributed by atoms with van der Waals surface area (Å²) in [6, 6.07) is 0. The average molecular weight is 72.1 g/mol. The molecule has 2 heteroatoms. The van der Waals surface area contributed by atoms with Crippen LogP contribution in [0, 0.1) is 0 Å². The molecule has 2 nitrogen and oxygen atoms in total. The molecule has 0 aromatic carbocycles. The van der Waals surface area contributed by atoms with Gasteiger partial charge in [-0.2, -0.15) is 0 Å². The average Bonchev–Trinajstić information content (AvgIpc) is 1.41. The fourth-order valence-corrected chi connectivity index (χ4v) is 0.112. The molecule has 0 aliphatic heterocycles. The third-order valence-electron chi connectivity index (χ3n) is 0.362. The third-order valence-corrected chi connectivity index (χ3v) is 0.362. The SMILES string of the molecule is CCCN[N]. The lowest BCUT2D eigenvalue weighted by molar-refractivity contribution is 0.692. The van der Waals surface area contributed by atoms with Gasteiger partial charge in [0.2, 0.25) is 0 Å². The fraction of sp³-hybridized carbons (Fsp3) is 1.00. The third kappa shape index (κ3) is 3.92. The van der Waals surface area contributed by atoms with Gasteiger partial charge in [0.15, 0.2) is 0 Å². The molecule has 0 atom stereocenters. The van der Waals surface area contributed by atoms with Crippen molar-refractivity contribution in [1.82, 2.24) is 11.3 Å². The molecule has 0 bridgehead atoms. The van der Waals surface area contributed by atoms with Crippen LogP contribution in [0.3, 0.4) is 0 Å². The van der Waals surface area contributed by atoms with Crippen LogP contribution in [0.25, 0.3) is 0 Å². The zero-order valence-electron chi connectivity index (χ0n) is 3.36. The number of nitrogens with zero attached hydrogens (tertiary/aromatic N) is 1. The van der Waals surface area contributed by atoms with Crippen LogP contribution in [0.2, 0.25) is 0 Å². The van der Waals surface area contributed by atoms with Crippen LogP contribution in [0.1, 0.15) is 13.3 Å². The van der Waals surface area contributed by atoms with E-state index in [1.54, 1.807) is 0 Å². The molecular weight excluding hydrogens is 64.0 g/mol. The first-order valence-corrected chi connectivity index (χ1v) is 1.78. The summed E-state index contributed by atoms with van der Waals surface area (Å²) in [5.41, 5.74) is 2.02. The minimum atomic E-state index is 0.694. The van der Waals surface area contributed by atoms with E-state index in [1.807, 2.05) is 12.3 Å². The molecule has 1 N–H and O–H groups in total. The molecule has 0 fully saturated rings. The predicted octanol–water partition coefficient (Wildman–Crippen LogP) is -0.0303. The van der Waals surface area contributed by atoms with Crippen molar-refractivity contribution in [3.05, 3.63) is 0 Å². The van der Waals surface area contributed by atoms with Gasteiger partial charge >= 0.3 is 0 Å². The van der Waals surface area contributed by atoms with E-state index >= 15 is 0 Å². The van der Waals surface area contributed by atoms with E-state index in [0.29, 0.717) is 6.54 Å². The summed E-state index contributed by atoms with van der Waals surface area (Å²) in [4.78, 5) is 0. The quantitative estimate of drug-likeness (QED) is 0.457. The maximum absolute atomic E-state index is 7.82. The first kappa shape index (κ1) is 4.92. The highest BCUT2D eigenvalue weighted by atomic mass is 15.2. The van der Waals surface area contributed by atoms with Crippen molar-refractivity contribution >= 4 is 0 Å². The van der Waals surface area contributed by atoms with E-state index in [9.17, 15) is 0 Å². The summed E-state index contributed by atoms with van der Waals surface area (Å²) in [5.74, 6) is 7.82. The van der Waals surface area contributed by atoms with Gasteiger partial charge in [0.25, 0.3) is 0 Å². The highest BCUT2D eigenvalue weighted by Crippen LogP contribution is 1.61. The van der Waals surface area contributed by atoms with Gasteiger partial charge in [0, 0.05) is 6.54 Å². The Morgan fingerprint density at radius 3 is 2.40 bits per heavy atom. The molecule has 5 heavy (non-hydrogen) atoms. The molecule has 0 saturated carbocycles. The lowest BCUT2D eigenvalue weighted by atomic mass is 10.5. The van der Waals surface area contributed by atoms with Crippen LogP contribution < -0.4 is 11.3 Å². The number of rotatable bonds is 2. The van der Waals surface area contributed by atoms with E-state index in [0.717, 1.165) is 6.42 Å². The number of nitrogens with one attached hydrogen (secondary N) is 1. The van der Waals surface area contributed by atoms with Crippen LogP contribution in [-0.2, 0) is 0 Å². The Bertz CT molecular complexity index is 12.4. The Kier molecular flexibility index (Phi) is 3.86. The fourth-order valence-electron chi connectivity index (χ4n) is 0.112. The standard InChI is InChI=1S/C3H8N2/c1-2-3-5-4/h5H,2-3H2,1H3. The van der Waals surface area contributed by atoms with Gasteiger partial charge in [0.05, 0.1) is 0 Å². The lowest BCUT2D eigenvalue weighted by Crippen LogP contribution is -2.09. The van der Waals surface area contributed by atoms with E-state index in [-0.39, 0.29) is 0 Å². The second-order valence-corrected chi connectivity index (χ2v) is 0.908. The molecular formula is C3H8N2. The maximum Gasteiger partial charge on any atom is 0.0129 e. The highest BCUT2D eigenvalue weighted by molar-refractivity contribution is 4.24. The maximum atomic E-state index is 7.82. The molecule has 30 valence electrons. The smallest absolute Gasteiger partial charge is 0.0129 e. The van der Waals surface area contributed by atoms with Gasteiger partial charge < -0.3 is 0 Å². The van der Waals surface area contributed by atoms with Crippen molar-refractivity contribution in [1.29, 1.82) is 0 Å². The monoisotopic (exact) mass is 72.1 g/mol. The second-order valence-electron chi connectivity index (χ2n) is 0.908. The van der Waals surface area contributed by atoms with Crippen molar-refractivity contribution in [2.75, 3.05) is 6.54 Å². The Hall–Kier alpha value is -0.0800. The lowest BCUT2D eigenvalue weighted by Gasteiger charge is -1.81. The predicted molar refractivity (Wildman–Crippen MR) is 20.4 cm³/mol. The summed E-state index contributed by atoms with van der Waals surface area (Å²) in [7, 11) is 0. The van der Waals surface area contributed by atoms with Crippen LogP contribution in [0.5, 0.6) is 0 Å². The van der Waals surface area contributed by atoms with Gasteiger partial charge in [-0.1, -0.05) is 6.92 Å². The first-order valence-electron chi connectivity index (χ1n) is 1.78.